The maximum atomic E-state index is 11.8. The molecule has 0 atom stereocenters. The highest BCUT2D eigenvalue weighted by Gasteiger charge is 2.07. The Bertz CT molecular complexity index is 900. The number of thiazole rings is 1. The van der Waals surface area contributed by atoms with Crippen LogP contribution in [-0.4, -0.2) is 18.1 Å². The first-order chi connectivity index (χ1) is 12.1. The summed E-state index contributed by atoms with van der Waals surface area (Å²) in [6, 6.07) is 11.3. The molecule has 0 aliphatic carbocycles. The van der Waals surface area contributed by atoms with Crippen molar-refractivity contribution in [1.82, 2.24) is 4.98 Å². The molecule has 2 heterocycles. The van der Waals surface area contributed by atoms with Crippen LogP contribution in [0.4, 0.5) is 0 Å². The number of benzene rings is 1. The van der Waals surface area contributed by atoms with Crippen molar-refractivity contribution in [2.24, 2.45) is 0 Å². The molecule has 128 valence electrons. The van der Waals surface area contributed by atoms with E-state index in [4.69, 9.17) is 13.9 Å². The van der Waals surface area contributed by atoms with Gasteiger partial charge in [0.1, 0.15) is 23.1 Å². The molecule has 0 N–H and O–H groups in total. The van der Waals surface area contributed by atoms with Crippen molar-refractivity contribution in [1.29, 1.82) is 0 Å². The molecular formula is C18H14INO4S. The second-order valence-electron chi connectivity index (χ2n) is 4.96. The van der Waals surface area contributed by atoms with Gasteiger partial charge in [-0.3, -0.25) is 0 Å². The van der Waals surface area contributed by atoms with E-state index in [9.17, 15) is 4.79 Å². The van der Waals surface area contributed by atoms with E-state index in [1.54, 1.807) is 19.3 Å². The van der Waals surface area contributed by atoms with Gasteiger partial charge in [-0.1, -0.05) is 12.1 Å². The number of aromatic nitrogens is 1. The largest absolute Gasteiger partial charge is 0.497 e. The Hall–Kier alpha value is -2.13. The van der Waals surface area contributed by atoms with E-state index < -0.39 is 5.97 Å². The zero-order chi connectivity index (χ0) is 17.6. The molecule has 7 heteroatoms. The van der Waals surface area contributed by atoms with Gasteiger partial charge < -0.3 is 13.9 Å². The van der Waals surface area contributed by atoms with Crippen LogP contribution < -0.4 is 4.74 Å². The summed E-state index contributed by atoms with van der Waals surface area (Å²) in [5, 5.41) is 2.73. The van der Waals surface area contributed by atoms with E-state index in [-0.39, 0.29) is 6.61 Å². The molecule has 1 aromatic carbocycles. The van der Waals surface area contributed by atoms with Gasteiger partial charge in [-0.15, -0.1) is 11.3 Å². The number of rotatable bonds is 6. The van der Waals surface area contributed by atoms with E-state index >= 15 is 0 Å². The van der Waals surface area contributed by atoms with Crippen LogP contribution in [0.15, 0.2) is 52.3 Å². The second-order valence-corrected chi connectivity index (χ2v) is 6.88. The summed E-state index contributed by atoms with van der Waals surface area (Å²) in [7, 11) is 1.63. The lowest BCUT2D eigenvalue weighted by Crippen LogP contribution is -2.00. The third kappa shape index (κ3) is 4.93. The third-order valence-electron chi connectivity index (χ3n) is 3.21. The predicted octanol–water partition coefficient (Wildman–Crippen LogP) is 4.77. The Morgan fingerprint density at radius 3 is 3.00 bits per heavy atom. The van der Waals surface area contributed by atoms with Crippen LogP contribution in [0.25, 0.3) is 16.6 Å². The average Bonchev–Trinajstić information content (AvgIpc) is 3.27. The van der Waals surface area contributed by atoms with Gasteiger partial charge >= 0.3 is 5.97 Å². The minimum absolute atomic E-state index is 0.124. The van der Waals surface area contributed by atoms with Crippen LogP contribution in [-0.2, 0) is 16.1 Å². The second kappa shape index (κ2) is 8.30. The number of nitrogens with zero attached hydrogens (tertiary/aromatic N) is 1. The Morgan fingerprint density at radius 2 is 2.24 bits per heavy atom. The molecule has 0 aliphatic rings. The van der Waals surface area contributed by atoms with Crippen LogP contribution >= 0.6 is 33.9 Å². The van der Waals surface area contributed by atoms with Crippen molar-refractivity contribution in [3.05, 3.63) is 63.1 Å². The Morgan fingerprint density at radius 1 is 1.36 bits per heavy atom. The molecule has 2 aromatic heterocycles. The van der Waals surface area contributed by atoms with Crippen molar-refractivity contribution in [2.45, 2.75) is 6.61 Å². The molecule has 0 aliphatic heterocycles. The lowest BCUT2D eigenvalue weighted by molar-refractivity contribution is -0.139. The Balaban J connectivity index is 1.58. The number of hydrogen-bond donors (Lipinski definition) is 0. The fourth-order valence-electron chi connectivity index (χ4n) is 2.02. The third-order valence-corrected chi connectivity index (χ3v) is 4.73. The first kappa shape index (κ1) is 17.7. The normalized spacial score (nSPS) is 11.0. The van der Waals surface area contributed by atoms with Crippen molar-refractivity contribution >= 4 is 46.0 Å². The summed E-state index contributed by atoms with van der Waals surface area (Å²) in [5.74, 6) is 0.941. The molecule has 0 bridgehead atoms. The highest BCUT2D eigenvalue weighted by molar-refractivity contribution is 14.1. The molecule has 3 aromatic rings. The van der Waals surface area contributed by atoms with Crippen molar-refractivity contribution < 1.29 is 18.7 Å². The molecule has 0 spiro atoms. The molecule has 0 saturated heterocycles. The topological polar surface area (TPSA) is 61.6 Å². The highest BCUT2D eigenvalue weighted by Crippen LogP contribution is 2.27. The van der Waals surface area contributed by atoms with Gasteiger partial charge in [-0.05, 0) is 52.9 Å². The average molecular weight is 467 g/mol. The quantitative estimate of drug-likeness (QED) is 0.297. The minimum atomic E-state index is -0.442. The number of esters is 1. The van der Waals surface area contributed by atoms with E-state index in [1.165, 1.54) is 17.4 Å². The number of methoxy groups -OCH3 is 1. The minimum Gasteiger partial charge on any atom is -0.497 e. The molecule has 5 nitrogen and oxygen atoms in total. The summed E-state index contributed by atoms with van der Waals surface area (Å²) in [5.41, 5.74) is 1.67. The first-order valence-electron chi connectivity index (χ1n) is 7.33. The van der Waals surface area contributed by atoms with Crippen LogP contribution in [0, 0.1) is 3.77 Å². The summed E-state index contributed by atoms with van der Waals surface area (Å²) in [4.78, 5) is 16.3. The number of halogens is 1. The number of carbonyl (C=O) groups is 1. The van der Waals surface area contributed by atoms with E-state index in [0.29, 0.717) is 11.5 Å². The highest BCUT2D eigenvalue weighted by atomic mass is 127. The Kier molecular flexibility index (Phi) is 5.87. The molecule has 0 amide bonds. The monoisotopic (exact) mass is 467 g/mol. The number of carbonyl (C=O) groups excluding carboxylic acids is 1. The molecule has 0 fully saturated rings. The zero-order valence-electron chi connectivity index (χ0n) is 13.3. The van der Waals surface area contributed by atoms with Crippen LogP contribution in [0.1, 0.15) is 11.5 Å². The molecule has 3 rings (SSSR count). The fourth-order valence-corrected chi connectivity index (χ4v) is 3.26. The summed E-state index contributed by atoms with van der Waals surface area (Å²) in [6.45, 7) is 0.124. The van der Waals surface area contributed by atoms with Crippen LogP contribution in [0.3, 0.4) is 0 Å². The number of furan rings is 1. The summed E-state index contributed by atoms with van der Waals surface area (Å²) in [6.07, 6.45) is 2.91. The Labute approximate surface area is 162 Å². The van der Waals surface area contributed by atoms with E-state index in [1.807, 2.05) is 35.7 Å². The smallest absolute Gasteiger partial charge is 0.331 e. The molecule has 0 saturated carbocycles. The number of ether oxygens (including phenoxy) is 2. The van der Waals surface area contributed by atoms with Gasteiger partial charge in [0.05, 0.1) is 12.8 Å². The fraction of sp³-hybridized carbons (Fsp3) is 0.111. The van der Waals surface area contributed by atoms with Crippen molar-refractivity contribution in [2.75, 3.05) is 7.11 Å². The van der Waals surface area contributed by atoms with Crippen LogP contribution in [0.2, 0.25) is 0 Å². The maximum absolute atomic E-state index is 11.8. The van der Waals surface area contributed by atoms with Gasteiger partial charge in [0.15, 0.2) is 3.77 Å². The first-order valence-corrected chi connectivity index (χ1v) is 9.29. The number of hydrogen-bond acceptors (Lipinski definition) is 6. The van der Waals surface area contributed by atoms with Gasteiger partial charge in [-0.2, -0.15) is 0 Å². The molecule has 0 unspecified atom stereocenters. The van der Waals surface area contributed by atoms with E-state index in [0.717, 1.165) is 20.1 Å². The molecule has 25 heavy (non-hydrogen) atoms. The zero-order valence-corrected chi connectivity index (χ0v) is 16.2. The summed E-state index contributed by atoms with van der Waals surface area (Å²) < 4.78 is 16.5. The van der Waals surface area contributed by atoms with Crippen LogP contribution in [0.5, 0.6) is 5.75 Å². The lowest BCUT2D eigenvalue weighted by atomic mass is 10.2. The maximum Gasteiger partial charge on any atom is 0.331 e. The standard InChI is InChI=1S/C18H14INO4S/c1-22-15-4-2-3-12(9-15)18-20-13(11-25-18)10-23-17(21)8-6-14-5-7-16(19)24-14/h2-9,11H,10H2,1H3/b8-6+. The predicted molar refractivity (Wildman–Crippen MR) is 104 cm³/mol. The lowest BCUT2D eigenvalue weighted by Gasteiger charge is -2.01. The van der Waals surface area contributed by atoms with Gasteiger partial charge in [0, 0.05) is 17.0 Å². The SMILES string of the molecule is COc1cccc(-c2nc(COC(=O)/C=C/c3ccc(I)o3)cs2)c1. The van der Waals surface area contributed by atoms with Crippen molar-refractivity contribution in [3.8, 4) is 16.3 Å². The van der Waals surface area contributed by atoms with Gasteiger partial charge in [0.25, 0.3) is 0 Å². The van der Waals surface area contributed by atoms with Gasteiger partial charge in [-0.25, -0.2) is 9.78 Å². The van der Waals surface area contributed by atoms with Gasteiger partial charge in [0.2, 0.25) is 0 Å². The molecular weight excluding hydrogens is 453 g/mol. The van der Waals surface area contributed by atoms with Crippen molar-refractivity contribution in [3.63, 3.8) is 0 Å². The van der Waals surface area contributed by atoms with E-state index in [2.05, 4.69) is 27.6 Å². The summed E-state index contributed by atoms with van der Waals surface area (Å²) >= 11 is 3.56. The molecule has 0 radical (unpaired) electrons.